The summed E-state index contributed by atoms with van der Waals surface area (Å²) in [4.78, 5) is 12.0. The van der Waals surface area contributed by atoms with Crippen LogP contribution in [-0.4, -0.2) is 17.1 Å². The Morgan fingerprint density at radius 3 is 2.83 bits per heavy atom. The number of esters is 1. The molecule has 1 saturated carbocycles. The minimum Gasteiger partial charge on any atom is -0.461 e. The first kappa shape index (κ1) is 11.3. The van der Waals surface area contributed by atoms with Gasteiger partial charge >= 0.3 is 5.97 Å². The number of fused-ring (bicyclic) bond motifs is 1. The summed E-state index contributed by atoms with van der Waals surface area (Å²) >= 11 is 0. The van der Waals surface area contributed by atoms with E-state index in [-0.39, 0.29) is 5.97 Å². The molecule has 3 nitrogen and oxygen atoms in total. The summed E-state index contributed by atoms with van der Waals surface area (Å²) in [6.07, 6.45) is 3.57. The van der Waals surface area contributed by atoms with E-state index in [2.05, 4.69) is 10.6 Å². The fourth-order valence-electron chi connectivity index (χ4n) is 2.58. The Labute approximate surface area is 106 Å². The third-order valence-electron chi connectivity index (χ3n) is 3.67. The fraction of sp³-hybridized carbons (Fsp3) is 0.400. The first-order chi connectivity index (χ1) is 8.81. The highest BCUT2D eigenvalue weighted by molar-refractivity contribution is 5.95. The highest BCUT2D eigenvalue weighted by Crippen LogP contribution is 2.36. The molecule has 3 heteroatoms. The smallest absolute Gasteiger partial charge is 0.354 e. The van der Waals surface area contributed by atoms with E-state index < -0.39 is 0 Å². The van der Waals surface area contributed by atoms with Gasteiger partial charge < -0.3 is 9.30 Å². The quantitative estimate of drug-likeness (QED) is 0.772. The van der Waals surface area contributed by atoms with Crippen LogP contribution in [0.3, 0.4) is 0 Å². The van der Waals surface area contributed by atoms with Gasteiger partial charge in [-0.15, -0.1) is 0 Å². The molecule has 1 aromatic carbocycles. The normalized spacial score (nSPS) is 15.6. The van der Waals surface area contributed by atoms with Gasteiger partial charge in [0.25, 0.3) is 0 Å². The number of para-hydroxylation sites is 1. The maximum atomic E-state index is 12.0. The van der Waals surface area contributed by atoms with Gasteiger partial charge in [0.05, 0.1) is 6.61 Å². The minimum absolute atomic E-state index is 0.208. The Morgan fingerprint density at radius 1 is 1.39 bits per heavy atom. The summed E-state index contributed by atoms with van der Waals surface area (Å²) in [6.45, 7) is 2.26. The molecule has 1 aliphatic carbocycles. The fourth-order valence-corrected chi connectivity index (χ4v) is 2.58. The Balaban J connectivity index is 2.13. The lowest BCUT2D eigenvalue weighted by molar-refractivity contribution is 0.0508. The second kappa shape index (κ2) is 4.48. The molecule has 0 aliphatic heterocycles. The van der Waals surface area contributed by atoms with Crippen LogP contribution in [-0.2, 0) is 4.74 Å². The number of nitrogens with zero attached hydrogens (tertiary/aromatic N) is 1. The van der Waals surface area contributed by atoms with Crippen molar-refractivity contribution in [1.29, 1.82) is 0 Å². The van der Waals surface area contributed by atoms with Gasteiger partial charge in [0.15, 0.2) is 0 Å². The molecule has 0 radical (unpaired) electrons. The van der Waals surface area contributed by atoms with E-state index in [1.807, 2.05) is 31.2 Å². The van der Waals surface area contributed by atoms with Crippen LogP contribution < -0.4 is 0 Å². The van der Waals surface area contributed by atoms with Crippen molar-refractivity contribution >= 4 is 16.9 Å². The van der Waals surface area contributed by atoms with Crippen molar-refractivity contribution in [2.24, 2.45) is 0 Å². The van der Waals surface area contributed by atoms with Crippen molar-refractivity contribution in [2.75, 3.05) is 6.61 Å². The van der Waals surface area contributed by atoms with Crippen LogP contribution in [0.4, 0.5) is 0 Å². The molecule has 18 heavy (non-hydrogen) atoms. The van der Waals surface area contributed by atoms with Crippen LogP contribution >= 0.6 is 0 Å². The van der Waals surface area contributed by atoms with Gasteiger partial charge in [-0.1, -0.05) is 18.2 Å². The molecule has 94 valence electrons. The van der Waals surface area contributed by atoms with Gasteiger partial charge in [-0.3, -0.25) is 0 Å². The lowest BCUT2D eigenvalue weighted by Crippen LogP contribution is -2.21. The molecular weight excluding hydrogens is 226 g/mol. The van der Waals surface area contributed by atoms with Crippen LogP contribution in [0, 0.1) is 0 Å². The number of carbonyl (C=O) groups excluding carboxylic acids is 1. The third-order valence-corrected chi connectivity index (χ3v) is 3.67. The molecule has 1 aliphatic rings. The first-order valence-electron chi connectivity index (χ1n) is 6.58. The van der Waals surface area contributed by atoms with E-state index in [4.69, 9.17) is 4.74 Å². The van der Waals surface area contributed by atoms with Crippen LogP contribution in [0.1, 0.15) is 42.7 Å². The minimum atomic E-state index is -0.208. The predicted octanol–water partition coefficient (Wildman–Crippen LogP) is 3.54. The summed E-state index contributed by atoms with van der Waals surface area (Å²) in [7, 11) is 0. The number of aromatic nitrogens is 1. The van der Waals surface area contributed by atoms with E-state index in [1.54, 1.807) is 0 Å². The van der Waals surface area contributed by atoms with Crippen molar-refractivity contribution in [3.05, 3.63) is 36.0 Å². The molecule has 3 rings (SSSR count). The Kier molecular flexibility index (Phi) is 2.82. The maximum Gasteiger partial charge on any atom is 0.354 e. The van der Waals surface area contributed by atoms with Crippen LogP contribution in [0.25, 0.3) is 10.9 Å². The number of hydrogen-bond acceptors (Lipinski definition) is 2. The van der Waals surface area contributed by atoms with Gasteiger partial charge in [0.2, 0.25) is 0 Å². The van der Waals surface area contributed by atoms with Gasteiger partial charge in [0, 0.05) is 16.9 Å². The number of carbonyl (C=O) groups is 1. The summed E-state index contributed by atoms with van der Waals surface area (Å²) < 4.78 is 7.32. The number of rotatable bonds is 3. The second-order valence-electron chi connectivity index (χ2n) is 4.76. The third kappa shape index (κ3) is 1.70. The van der Waals surface area contributed by atoms with E-state index in [0.29, 0.717) is 18.3 Å². The molecule has 2 aromatic rings. The van der Waals surface area contributed by atoms with E-state index >= 15 is 0 Å². The van der Waals surface area contributed by atoms with Crippen LogP contribution in [0.2, 0.25) is 0 Å². The van der Waals surface area contributed by atoms with Crippen LogP contribution in [0.5, 0.6) is 0 Å². The molecule has 0 atom stereocenters. The average molecular weight is 243 g/mol. The topological polar surface area (TPSA) is 31.2 Å². The Hall–Kier alpha value is -1.77. The maximum absolute atomic E-state index is 12.0. The van der Waals surface area contributed by atoms with E-state index in [0.717, 1.165) is 23.7 Å². The standard InChI is InChI=1S/C15H17NO2/c1-2-18-15(17)14-10-11-6-3-4-9-13(11)16(14)12-7-5-8-12/h3-4,6,9-10,12H,2,5,7-8H2,1H3. The van der Waals surface area contributed by atoms with Crippen LogP contribution in [0.15, 0.2) is 30.3 Å². The molecule has 1 heterocycles. The van der Waals surface area contributed by atoms with Gasteiger partial charge in [-0.05, 0) is 38.3 Å². The van der Waals surface area contributed by atoms with Crippen molar-refractivity contribution in [1.82, 2.24) is 4.57 Å². The van der Waals surface area contributed by atoms with Crippen molar-refractivity contribution in [2.45, 2.75) is 32.2 Å². The number of hydrogen-bond donors (Lipinski definition) is 0. The second-order valence-corrected chi connectivity index (χ2v) is 4.76. The Bertz CT molecular complexity index is 581. The predicted molar refractivity (Wildman–Crippen MR) is 70.8 cm³/mol. The molecule has 0 bridgehead atoms. The zero-order chi connectivity index (χ0) is 12.5. The zero-order valence-electron chi connectivity index (χ0n) is 10.6. The average Bonchev–Trinajstić information content (AvgIpc) is 2.67. The molecule has 0 amide bonds. The first-order valence-corrected chi connectivity index (χ1v) is 6.58. The van der Waals surface area contributed by atoms with Gasteiger partial charge in [-0.25, -0.2) is 4.79 Å². The summed E-state index contributed by atoms with van der Waals surface area (Å²) in [5.74, 6) is -0.208. The van der Waals surface area contributed by atoms with Gasteiger partial charge in [-0.2, -0.15) is 0 Å². The van der Waals surface area contributed by atoms with E-state index in [1.165, 1.54) is 6.42 Å². The lowest BCUT2D eigenvalue weighted by atomic mass is 9.92. The molecule has 0 unspecified atom stereocenters. The monoisotopic (exact) mass is 243 g/mol. The number of benzene rings is 1. The zero-order valence-corrected chi connectivity index (χ0v) is 10.6. The highest BCUT2D eigenvalue weighted by atomic mass is 16.5. The largest absolute Gasteiger partial charge is 0.461 e. The van der Waals surface area contributed by atoms with Crippen molar-refractivity contribution < 1.29 is 9.53 Å². The van der Waals surface area contributed by atoms with Crippen molar-refractivity contribution in [3.8, 4) is 0 Å². The molecule has 1 fully saturated rings. The molecule has 0 saturated heterocycles. The Morgan fingerprint density at radius 2 is 2.17 bits per heavy atom. The molecule has 1 aromatic heterocycles. The van der Waals surface area contributed by atoms with Gasteiger partial charge in [0.1, 0.15) is 5.69 Å². The number of ether oxygens (including phenoxy) is 1. The summed E-state index contributed by atoms with van der Waals surface area (Å²) in [6, 6.07) is 10.6. The summed E-state index contributed by atoms with van der Waals surface area (Å²) in [5.41, 5.74) is 1.84. The lowest BCUT2D eigenvalue weighted by Gasteiger charge is -2.29. The summed E-state index contributed by atoms with van der Waals surface area (Å²) in [5, 5.41) is 1.12. The molecule has 0 spiro atoms. The van der Waals surface area contributed by atoms with Crippen molar-refractivity contribution in [3.63, 3.8) is 0 Å². The van der Waals surface area contributed by atoms with E-state index in [9.17, 15) is 4.79 Å². The molecular formula is C15H17NO2. The molecule has 0 N–H and O–H groups in total. The SMILES string of the molecule is CCOC(=O)c1cc2ccccc2n1C1CCC1. The highest BCUT2D eigenvalue weighted by Gasteiger charge is 2.26.